The lowest BCUT2D eigenvalue weighted by Gasteiger charge is -2.47. The SMILES string of the molecule is C=CC[C@@H]1/C=C(/C)C[C@H](C)C[C@H](OC)[C@@H]2O[C@](O)(C(=O)C(=O)N3CCCC[C@H]3C(=O)O[C@H](/C(C)=C/[C@@H]3CC[C@@H](OC(=O)N(C)CCNC(=O)[C@H](CCCNC(N)=O)NC(=O)[C@@H](NC(=O)COC(C=C)CCCCCC)C(C)C)[C@H](OC)C3)[C@H](C)[C@H](O)CC1=O)[C@@H](C)C[C@H]2OC. The molecule has 95 heavy (non-hydrogen) atoms. The van der Waals surface area contributed by atoms with E-state index in [-0.39, 0.29) is 94.5 Å². The van der Waals surface area contributed by atoms with Crippen LogP contribution in [-0.4, -0.2) is 207 Å². The van der Waals surface area contributed by atoms with Crippen LogP contribution in [0.25, 0.3) is 0 Å². The quantitative estimate of drug-likeness (QED) is 0.0183. The number of likely N-dealkylation sites (N-methyl/N-ethyl adjacent to an activating group) is 1. The highest BCUT2D eigenvalue weighted by atomic mass is 16.7. The van der Waals surface area contributed by atoms with E-state index in [0.717, 1.165) is 36.2 Å². The van der Waals surface area contributed by atoms with Crippen LogP contribution in [0, 0.1) is 35.5 Å². The molecule has 3 heterocycles. The zero-order valence-electron chi connectivity index (χ0n) is 58.7. The van der Waals surface area contributed by atoms with Gasteiger partial charge in [-0.05, 0) is 121 Å². The Morgan fingerprint density at radius 2 is 1.56 bits per heavy atom. The van der Waals surface area contributed by atoms with E-state index in [1.165, 1.54) is 33.3 Å². The van der Waals surface area contributed by atoms with Gasteiger partial charge in [-0.1, -0.05) is 97.1 Å². The second-order valence-electron chi connectivity index (χ2n) is 27.1. The van der Waals surface area contributed by atoms with Gasteiger partial charge in [0.2, 0.25) is 23.5 Å². The lowest BCUT2D eigenvalue weighted by molar-refractivity contribution is -0.302. The van der Waals surface area contributed by atoms with E-state index in [1.54, 1.807) is 46.8 Å². The fourth-order valence-electron chi connectivity index (χ4n) is 13.3. The predicted octanol–water partition coefficient (Wildman–Crippen LogP) is 6.45. The summed E-state index contributed by atoms with van der Waals surface area (Å²) >= 11 is 0. The number of amides is 7. The number of allylic oxidation sites excluding steroid dienone is 4. The molecule has 25 heteroatoms. The van der Waals surface area contributed by atoms with Crippen LogP contribution < -0.4 is 27.0 Å². The van der Waals surface area contributed by atoms with Crippen LogP contribution in [0.2, 0.25) is 0 Å². The van der Waals surface area contributed by atoms with Gasteiger partial charge in [0.25, 0.3) is 11.7 Å². The first-order chi connectivity index (χ1) is 45.1. The standard InChI is InChI=1S/C70H115N7O18/c1-15-18-19-20-25-50(17-3)92-41-59(80)75-60(42(4)5)65(83)74-51(26-23-30-73-68(71)86)64(82)72-31-33-76(11)69(87)93-55-29-28-48(39-56(55)89-12)37-45(8)61-47(10)53(78)40-54(79)49(24-16-2)35-43(6)34-44(7)36-57(90-13)62-58(91-14)38-46(9)70(88,95-62)63(81)66(84)77-32-22-21-27-52(77)67(85)94-61/h16-17,35,37,42,44,46-53,55-58,60-62,78,88H,2-3,15,18-34,36,38-41H2,1,4-14H3,(H,72,82)(H,74,83)(H,75,80)(H3,71,73,86)/b43-35-,45-37+/t44-,46-,47+,48-,49+,50?,51-,52-,53+,55+,56+,57-,58+,60-,61+,62-,70-/m0/s1. The van der Waals surface area contributed by atoms with Crippen LogP contribution in [-0.2, 0) is 66.7 Å². The molecule has 1 unspecified atom stereocenters. The second kappa shape index (κ2) is 40.6. The number of piperidine rings is 1. The summed E-state index contributed by atoms with van der Waals surface area (Å²) in [5, 5.41) is 35.0. The maximum absolute atomic E-state index is 14.8. The maximum atomic E-state index is 14.8. The molecule has 2 bridgehead atoms. The Bertz CT molecular complexity index is 2620. The number of hydrogen-bond donors (Lipinski definition) is 7. The Kier molecular flexibility index (Phi) is 34.7. The third kappa shape index (κ3) is 24.8. The van der Waals surface area contributed by atoms with Crippen molar-refractivity contribution in [1.82, 2.24) is 31.1 Å². The molecule has 0 radical (unpaired) electrons. The maximum Gasteiger partial charge on any atom is 0.409 e. The number of primary amides is 1. The number of nitrogens with zero attached hydrogens (tertiary/aromatic N) is 2. The van der Waals surface area contributed by atoms with E-state index in [4.69, 9.17) is 38.9 Å². The van der Waals surface area contributed by atoms with Crippen molar-refractivity contribution in [1.29, 1.82) is 0 Å². The van der Waals surface area contributed by atoms with Gasteiger partial charge in [0.1, 0.15) is 48.8 Å². The minimum Gasteiger partial charge on any atom is -0.456 e. The van der Waals surface area contributed by atoms with Gasteiger partial charge >= 0.3 is 18.1 Å². The van der Waals surface area contributed by atoms with Crippen molar-refractivity contribution in [3.05, 3.63) is 48.6 Å². The van der Waals surface area contributed by atoms with Crippen molar-refractivity contribution in [2.75, 3.05) is 61.2 Å². The number of ether oxygens (including phenoxy) is 7. The summed E-state index contributed by atoms with van der Waals surface area (Å²) in [6.45, 7) is 22.2. The van der Waals surface area contributed by atoms with E-state index < -0.39 is 132 Å². The summed E-state index contributed by atoms with van der Waals surface area (Å²) in [6.07, 6.45) is 8.73. The number of hydrogen-bond acceptors (Lipinski definition) is 18. The van der Waals surface area contributed by atoms with E-state index in [9.17, 15) is 53.4 Å². The number of nitrogens with two attached hydrogens (primary N) is 1. The molecule has 7 amide bonds. The molecule has 0 aromatic rings. The van der Waals surface area contributed by atoms with E-state index in [1.807, 2.05) is 26.0 Å². The second-order valence-corrected chi connectivity index (χ2v) is 27.1. The summed E-state index contributed by atoms with van der Waals surface area (Å²) in [7, 11) is 6.02. The normalized spacial score (nSPS) is 30.0. The Labute approximate surface area is 563 Å². The third-order valence-electron chi connectivity index (χ3n) is 19.1. The van der Waals surface area contributed by atoms with Crippen molar-refractivity contribution in [2.24, 2.45) is 41.2 Å². The summed E-state index contributed by atoms with van der Waals surface area (Å²) in [5.41, 5.74) is 6.70. The number of methoxy groups -OCH3 is 3. The first kappa shape index (κ1) is 81.3. The number of carbonyl (C=O) groups excluding carboxylic acids is 9. The number of carbonyl (C=O) groups is 9. The molecule has 0 aromatic heterocycles. The first-order valence-electron chi connectivity index (χ1n) is 34.4. The van der Waals surface area contributed by atoms with E-state index >= 15 is 0 Å². The van der Waals surface area contributed by atoms with Gasteiger partial charge in [0.15, 0.2) is 0 Å². The van der Waals surface area contributed by atoms with Crippen molar-refractivity contribution < 1.29 is 86.5 Å². The summed E-state index contributed by atoms with van der Waals surface area (Å²) in [6, 6.07) is -4.12. The average molecular weight is 1340 g/mol. The highest BCUT2D eigenvalue weighted by Crippen LogP contribution is 2.40. The number of ketones is 2. The van der Waals surface area contributed by atoms with Crippen LogP contribution in [0.3, 0.4) is 0 Å². The Morgan fingerprint density at radius 1 is 0.863 bits per heavy atom. The fourth-order valence-corrected chi connectivity index (χ4v) is 13.3. The lowest BCUT2D eigenvalue weighted by atomic mass is 9.81. The summed E-state index contributed by atoms with van der Waals surface area (Å²) in [4.78, 5) is 126. The fraction of sp³-hybridized carbons (Fsp3) is 0.757. The highest BCUT2D eigenvalue weighted by Gasteiger charge is 2.57. The van der Waals surface area contributed by atoms with Gasteiger partial charge in [0, 0.05) is 78.7 Å². The third-order valence-corrected chi connectivity index (χ3v) is 19.1. The molecule has 8 N–H and O–H groups in total. The average Bonchev–Trinajstić information content (AvgIpc) is 0.823. The van der Waals surface area contributed by atoms with Gasteiger partial charge in [-0.25, -0.2) is 14.4 Å². The van der Waals surface area contributed by atoms with E-state index in [0.29, 0.717) is 63.4 Å². The zero-order valence-corrected chi connectivity index (χ0v) is 58.7. The minimum absolute atomic E-state index is 0.00250. The van der Waals surface area contributed by atoms with Crippen LogP contribution >= 0.6 is 0 Å². The molecule has 3 fully saturated rings. The number of aliphatic hydroxyl groups excluding tert-OH is 1. The van der Waals surface area contributed by atoms with E-state index in [2.05, 4.69) is 41.3 Å². The van der Waals surface area contributed by atoms with Gasteiger partial charge in [-0.15, -0.1) is 13.2 Å². The number of nitrogens with one attached hydrogen (secondary N) is 4. The van der Waals surface area contributed by atoms with Crippen LogP contribution in [0.15, 0.2) is 48.6 Å². The van der Waals surface area contributed by atoms with Crippen molar-refractivity contribution >= 4 is 53.3 Å². The van der Waals surface area contributed by atoms with Gasteiger partial charge in [-0.3, -0.25) is 28.8 Å². The number of rotatable bonds is 29. The van der Waals surface area contributed by atoms with Crippen molar-refractivity contribution in [2.45, 2.75) is 244 Å². The molecule has 1 saturated carbocycles. The number of urea groups is 1. The molecule has 0 aromatic carbocycles. The molecule has 1 aliphatic carbocycles. The Hall–Kier alpha value is -6.09. The molecule has 2 saturated heterocycles. The molecule has 17 atom stereocenters. The molecule has 25 nitrogen and oxygen atoms in total. The van der Waals surface area contributed by atoms with Gasteiger partial charge < -0.3 is 80.2 Å². The van der Waals surface area contributed by atoms with Crippen molar-refractivity contribution in [3.8, 4) is 0 Å². The topological polar surface area (TPSA) is 339 Å². The van der Waals surface area contributed by atoms with Gasteiger partial charge in [-0.2, -0.15) is 0 Å². The first-order valence-corrected chi connectivity index (χ1v) is 34.4. The predicted molar refractivity (Wildman–Crippen MR) is 357 cm³/mol. The largest absolute Gasteiger partial charge is 0.456 e. The molecular formula is C70H115N7O18. The van der Waals surface area contributed by atoms with Crippen LogP contribution in [0.4, 0.5) is 9.59 Å². The Morgan fingerprint density at radius 3 is 2.20 bits per heavy atom. The van der Waals surface area contributed by atoms with Gasteiger partial charge in [0.05, 0.1) is 30.5 Å². The molecule has 4 aliphatic rings. The smallest absolute Gasteiger partial charge is 0.409 e. The number of cyclic esters (lactones) is 1. The van der Waals surface area contributed by atoms with Crippen molar-refractivity contribution in [3.63, 3.8) is 0 Å². The highest BCUT2D eigenvalue weighted by molar-refractivity contribution is 6.39. The van der Waals surface area contributed by atoms with Crippen LogP contribution in [0.5, 0.6) is 0 Å². The number of fused-ring (bicyclic) bond motifs is 3. The Balaban J connectivity index is 1.51. The number of unbranched alkanes of at least 4 members (excludes halogenated alkanes) is 3. The summed E-state index contributed by atoms with van der Waals surface area (Å²) < 4.78 is 42.3. The molecular weight excluding hydrogens is 1230 g/mol. The summed E-state index contributed by atoms with van der Waals surface area (Å²) in [5.74, 6) is -10.7. The molecule has 0 spiro atoms. The number of esters is 1. The lowest BCUT2D eigenvalue weighted by Crippen LogP contribution is -2.64. The monoisotopic (exact) mass is 1340 g/mol. The van der Waals surface area contributed by atoms with Crippen LogP contribution in [0.1, 0.15) is 171 Å². The number of Topliss-reactive ketones (excluding diaryl/α,β-unsaturated/α-hetero) is 2. The minimum atomic E-state index is -2.59. The zero-order chi connectivity index (χ0) is 70.7. The number of aliphatic hydroxyl groups is 2. The molecule has 3 aliphatic heterocycles. The molecule has 538 valence electrons. The molecule has 4 rings (SSSR count).